The summed E-state index contributed by atoms with van der Waals surface area (Å²) in [4.78, 5) is 21.1. The van der Waals surface area contributed by atoms with Crippen LogP contribution in [0.1, 0.15) is 28.7 Å². The Morgan fingerprint density at radius 2 is 2.07 bits per heavy atom. The van der Waals surface area contributed by atoms with E-state index in [1.165, 1.54) is 18.4 Å². The van der Waals surface area contributed by atoms with Crippen molar-refractivity contribution in [2.75, 3.05) is 13.7 Å². The van der Waals surface area contributed by atoms with Gasteiger partial charge in [-0.2, -0.15) is 0 Å². The van der Waals surface area contributed by atoms with E-state index in [-0.39, 0.29) is 5.91 Å². The van der Waals surface area contributed by atoms with Crippen LogP contribution in [0.25, 0.3) is 11.3 Å². The van der Waals surface area contributed by atoms with Gasteiger partial charge in [0.25, 0.3) is 5.91 Å². The van der Waals surface area contributed by atoms with Gasteiger partial charge >= 0.3 is 0 Å². The molecule has 28 heavy (non-hydrogen) atoms. The van der Waals surface area contributed by atoms with E-state index in [1.54, 1.807) is 24.5 Å². The molecule has 0 saturated carbocycles. The first-order valence-corrected chi connectivity index (χ1v) is 10.0. The van der Waals surface area contributed by atoms with Gasteiger partial charge in [-0.1, -0.05) is 18.5 Å². The highest BCUT2D eigenvalue weighted by Crippen LogP contribution is 2.36. The first-order chi connectivity index (χ1) is 13.6. The molecule has 0 aliphatic heterocycles. The minimum absolute atomic E-state index is 0.261. The second kappa shape index (κ2) is 9.52. The van der Waals surface area contributed by atoms with Crippen molar-refractivity contribution in [3.63, 3.8) is 0 Å². The largest absolute Gasteiger partial charge is 0.493 e. The number of aromatic nitrogens is 2. The molecule has 1 amide bonds. The summed E-state index contributed by atoms with van der Waals surface area (Å²) in [6.07, 6.45) is 4.29. The number of hydrogen-bond donors (Lipinski definition) is 1. The molecule has 2 aromatic heterocycles. The lowest BCUT2D eigenvalue weighted by molar-refractivity contribution is 0.0950. The van der Waals surface area contributed by atoms with Crippen molar-refractivity contribution in [1.82, 2.24) is 15.3 Å². The average molecular weight is 418 g/mol. The Kier molecular flexibility index (Phi) is 6.84. The molecule has 0 bridgehead atoms. The van der Waals surface area contributed by atoms with Crippen molar-refractivity contribution in [3.8, 4) is 22.8 Å². The predicted molar refractivity (Wildman–Crippen MR) is 110 cm³/mol. The van der Waals surface area contributed by atoms with Crippen LogP contribution in [0.2, 0.25) is 5.02 Å². The maximum absolute atomic E-state index is 12.5. The fourth-order valence-electron chi connectivity index (χ4n) is 2.50. The number of nitrogens with zero attached hydrogens (tertiary/aromatic N) is 2. The van der Waals surface area contributed by atoms with Gasteiger partial charge in [-0.15, -0.1) is 11.3 Å². The van der Waals surface area contributed by atoms with E-state index in [0.717, 1.165) is 22.7 Å². The summed E-state index contributed by atoms with van der Waals surface area (Å²) in [7, 11) is 1.52. The Hall–Kier alpha value is -2.64. The average Bonchev–Trinajstić information content (AvgIpc) is 3.20. The number of nitrogens with one attached hydrogen (secondary N) is 1. The number of thiazole rings is 1. The van der Waals surface area contributed by atoms with Crippen LogP contribution < -0.4 is 14.8 Å². The molecule has 0 aliphatic rings. The monoisotopic (exact) mass is 417 g/mol. The topological polar surface area (TPSA) is 73.3 Å². The quantitative estimate of drug-likeness (QED) is 0.580. The van der Waals surface area contributed by atoms with Gasteiger partial charge in [-0.3, -0.25) is 9.78 Å². The van der Waals surface area contributed by atoms with Crippen LogP contribution in [-0.2, 0) is 6.54 Å². The molecule has 0 saturated heterocycles. The van der Waals surface area contributed by atoms with E-state index in [0.29, 0.717) is 35.2 Å². The molecule has 1 aromatic carbocycles. The summed E-state index contributed by atoms with van der Waals surface area (Å²) in [5.41, 5.74) is 2.25. The zero-order valence-electron chi connectivity index (χ0n) is 15.6. The second-order valence-corrected chi connectivity index (χ2v) is 7.23. The summed E-state index contributed by atoms with van der Waals surface area (Å²) in [6, 6.07) is 6.99. The number of rotatable bonds is 8. The fourth-order valence-corrected chi connectivity index (χ4v) is 3.51. The molecule has 0 aliphatic carbocycles. The first kappa shape index (κ1) is 20.1. The van der Waals surface area contributed by atoms with Gasteiger partial charge in [0.2, 0.25) is 0 Å². The predicted octanol–water partition coefficient (Wildman–Crippen LogP) is 4.59. The number of amides is 1. The SMILES string of the molecule is CCCOc1c(Cl)cc(C(=O)NCc2nc(-c3ccncc3)cs2)cc1OC. The van der Waals surface area contributed by atoms with Gasteiger partial charge < -0.3 is 14.8 Å². The van der Waals surface area contributed by atoms with Crippen molar-refractivity contribution in [3.05, 3.63) is 57.6 Å². The molecule has 0 unspecified atom stereocenters. The van der Waals surface area contributed by atoms with E-state index in [1.807, 2.05) is 24.4 Å². The van der Waals surface area contributed by atoms with Crippen molar-refractivity contribution in [2.45, 2.75) is 19.9 Å². The molecule has 3 aromatic rings. The highest BCUT2D eigenvalue weighted by Gasteiger charge is 2.16. The van der Waals surface area contributed by atoms with Gasteiger partial charge in [-0.05, 0) is 30.7 Å². The van der Waals surface area contributed by atoms with Gasteiger partial charge in [0.05, 0.1) is 31.0 Å². The van der Waals surface area contributed by atoms with Crippen molar-refractivity contribution in [1.29, 1.82) is 0 Å². The molecule has 3 rings (SSSR count). The van der Waals surface area contributed by atoms with Crippen LogP contribution in [0.5, 0.6) is 11.5 Å². The second-order valence-electron chi connectivity index (χ2n) is 5.88. The molecule has 2 heterocycles. The molecule has 0 fully saturated rings. The zero-order valence-corrected chi connectivity index (χ0v) is 17.1. The normalized spacial score (nSPS) is 10.5. The number of carbonyl (C=O) groups excluding carboxylic acids is 1. The van der Waals surface area contributed by atoms with Crippen LogP contribution >= 0.6 is 22.9 Å². The highest BCUT2D eigenvalue weighted by atomic mass is 35.5. The van der Waals surface area contributed by atoms with E-state index < -0.39 is 0 Å². The number of halogens is 1. The summed E-state index contributed by atoms with van der Waals surface area (Å²) in [5, 5.41) is 5.96. The maximum Gasteiger partial charge on any atom is 0.251 e. The number of ether oxygens (including phenoxy) is 2. The Balaban J connectivity index is 1.68. The van der Waals surface area contributed by atoms with Crippen molar-refractivity contribution < 1.29 is 14.3 Å². The van der Waals surface area contributed by atoms with E-state index >= 15 is 0 Å². The summed E-state index contributed by atoms with van der Waals surface area (Å²) >= 11 is 7.77. The van der Waals surface area contributed by atoms with E-state index in [2.05, 4.69) is 15.3 Å². The minimum atomic E-state index is -0.261. The molecule has 0 radical (unpaired) electrons. The smallest absolute Gasteiger partial charge is 0.251 e. The Morgan fingerprint density at radius 1 is 1.29 bits per heavy atom. The lowest BCUT2D eigenvalue weighted by Crippen LogP contribution is -2.22. The molecule has 0 spiro atoms. The molecule has 0 atom stereocenters. The standard InChI is InChI=1S/C20H20ClN3O3S/c1-3-8-27-19-15(21)9-14(10-17(19)26-2)20(25)23-11-18-24-16(12-28-18)13-4-6-22-7-5-13/h4-7,9-10,12H,3,8,11H2,1-2H3,(H,23,25). The van der Waals surface area contributed by atoms with Crippen LogP contribution in [0.4, 0.5) is 0 Å². The molecule has 8 heteroatoms. The number of hydrogen-bond acceptors (Lipinski definition) is 6. The van der Waals surface area contributed by atoms with Crippen LogP contribution in [0.3, 0.4) is 0 Å². The summed E-state index contributed by atoms with van der Waals surface area (Å²) in [5.74, 6) is 0.618. The number of methoxy groups -OCH3 is 1. The Labute approximate surface area is 172 Å². The van der Waals surface area contributed by atoms with E-state index in [9.17, 15) is 4.79 Å². The first-order valence-electron chi connectivity index (χ1n) is 8.75. The van der Waals surface area contributed by atoms with Gasteiger partial charge in [0.15, 0.2) is 11.5 Å². The lowest BCUT2D eigenvalue weighted by Gasteiger charge is -2.13. The lowest BCUT2D eigenvalue weighted by atomic mass is 10.2. The number of carbonyl (C=O) groups is 1. The fraction of sp³-hybridized carbons (Fsp3) is 0.250. The third-order valence-corrected chi connectivity index (χ3v) is 5.00. The van der Waals surface area contributed by atoms with Gasteiger partial charge in [0, 0.05) is 28.9 Å². The highest BCUT2D eigenvalue weighted by molar-refractivity contribution is 7.09. The molecule has 6 nitrogen and oxygen atoms in total. The Bertz CT molecular complexity index is 947. The zero-order chi connectivity index (χ0) is 19.9. The number of pyridine rings is 1. The van der Waals surface area contributed by atoms with Crippen LogP contribution in [0.15, 0.2) is 42.0 Å². The molecular formula is C20H20ClN3O3S. The third kappa shape index (κ3) is 4.79. The number of benzene rings is 1. The summed E-state index contributed by atoms with van der Waals surface area (Å²) < 4.78 is 10.9. The van der Waals surface area contributed by atoms with Gasteiger partial charge in [-0.25, -0.2) is 4.98 Å². The third-order valence-electron chi connectivity index (χ3n) is 3.87. The van der Waals surface area contributed by atoms with Crippen molar-refractivity contribution >= 4 is 28.8 Å². The van der Waals surface area contributed by atoms with Crippen LogP contribution in [-0.4, -0.2) is 29.6 Å². The Morgan fingerprint density at radius 3 is 2.79 bits per heavy atom. The van der Waals surface area contributed by atoms with Crippen LogP contribution in [0, 0.1) is 0 Å². The molecule has 1 N–H and O–H groups in total. The maximum atomic E-state index is 12.5. The van der Waals surface area contributed by atoms with E-state index in [4.69, 9.17) is 21.1 Å². The summed E-state index contributed by atoms with van der Waals surface area (Å²) in [6.45, 7) is 2.84. The molecular weight excluding hydrogens is 398 g/mol. The van der Waals surface area contributed by atoms with Crippen molar-refractivity contribution in [2.24, 2.45) is 0 Å². The minimum Gasteiger partial charge on any atom is -0.493 e. The molecule has 146 valence electrons. The van der Waals surface area contributed by atoms with Gasteiger partial charge in [0.1, 0.15) is 5.01 Å².